The molecule has 0 saturated heterocycles. The van der Waals surface area contributed by atoms with Gasteiger partial charge in [-0.15, -0.1) is 11.3 Å². The van der Waals surface area contributed by atoms with Gasteiger partial charge in [-0.2, -0.15) is 0 Å². The fourth-order valence-electron chi connectivity index (χ4n) is 2.15. The minimum absolute atomic E-state index is 0.120. The molecule has 2 aromatic heterocycles. The Hall–Kier alpha value is -2.25. The summed E-state index contributed by atoms with van der Waals surface area (Å²) in [6.45, 7) is 0.294. The minimum atomic E-state index is -0.449. The third kappa shape index (κ3) is 3.25. The lowest BCUT2D eigenvalue weighted by Gasteiger charge is -2.03. The molecule has 3 aromatic rings. The van der Waals surface area contributed by atoms with E-state index in [2.05, 4.69) is 15.3 Å². The zero-order valence-corrected chi connectivity index (χ0v) is 13.3. The van der Waals surface area contributed by atoms with Gasteiger partial charge in [-0.3, -0.25) is 9.59 Å². The number of rotatable bonds is 4. The number of amides is 1. The normalized spacial score (nSPS) is 10.9. The molecule has 0 spiro atoms. The summed E-state index contributed by atoms with van der Waals surface area (Å²) in [6.07, 6.45) is 1.72. The topological polar surface area (TPSA) is 74.8 Å². The van der Waals surface area contributed by atoms with Crippen LogP contribution < -0.4 is 10.9 Å². The number of carbonyl (C=O) groups is 1. The molecule has 0 saturated carbocycles. The second kappa shape index (κ2) is 6.47. The lowest BCUT2D eigenvalue weighted by Crippen LogP contribution is -2.25. The maximum absolute atomic E-state index is 13.8. The molecule has 2 N–H and O–H groups in total. The van der Waals surface area contributed by atoms with Gasteiger partial charge in [0, 0.05) is 34.8 Å². The van der Waals surface area contributed by atoms with Gasteiger partial charge in [-0.1, -0.05) is 17.7 Å². The molecular weight excluding hydrogens is 341 g/mol. The van der Waals surface area contributed by atoms with Crippen molar-refractivity contribution in [3.63, 3.8) is 0 Å². The molecule has 0 bridgehead atoms. The van der Waals surface area contributed by atoms with Crippen LogP contribution in [-0.4, -0.2) is 22.4 Å². The van der Waals surface area contributed by atoms with Crippen LogP contribution in [-0.2, 0) is 6.42 Å². The van der Waals surface area contributed by atoms with Gasteiger partial charge in [0.15, 0.2) is 0 Å². The van der Waals surface area contributed by atoms with Crippen LogP contribution in [0.25, 0.3) is 10.1 Å². The number of benzene rings is 1. The van der Waals surface area contributed by atoms with Crippen molar-refractivity contribution >= 4 is 38.9 Å². The summed E-state index contributed by atoms with van der Waals surface area (Å²) in [5.74, 6) is -0.823. The number of aromatic nitrogens is 2. The Balaban J connectivity index is 1.72. The Kier molecular flexibility index (Phi) is 4.40. The molecule has 0 aliphatic rings. The van der Waals surface area contributed by atoms with Crippen molar-refractivity contribution in [1.82, 2.24) is 15.3 Å². The maximum Gasteiger partial charge on any atom is 0.262 e. The third-order valence-corrected chi connectivity index (χ3v) is 4.86. The summed E-state index contributed by atoms with van der Waals surface area (Å²) in [7, 11) is 0. The lowest BCUT2D eigenvalue weighted by atomic mass is 10.2. The van der Waals surface area contributed by atoms with Gasteiger partial charge in [0.25, 0.3) is 11.5 Å². The highest BCUT2D eigenvalue weighted by molar-refractivity contribution is 7.21. The zero-order valence-electron chi connectivity index (χ0n) is 11.7. The average molecular weight is 352 g/mol. The quantitative estimate of drug-likeness (QED) is 0.759. The highest BCUT2D eigenvalue weighted by Gasteiger charge is 2.19. The first-order valence-electron chi connectivity index (χ1n) is 6.74. The molecule has 3 rings (SSSR count). The molecule has 0 aliphatic carbocycles. The number of fused-ring (bicyclic) bond motifs is 1. The molecule has 2 heterocycles. The van der Waals surface area contributed by atoms with Crippen molar-refractivity contribution < 1.29 is 9.18 Å². The predicted octanol–water partition coefficient (Wildman–Crippen LogP) is 2.75. The average Bonchev–Trinajstić information content (AvgIpc) is 2.86. The zero-order chi connectivity index (χ0) is 16.4. The van der Waals surface area contributed by atoms with Gasteiger partial charge in [0.2, 0.25) is 0 Å². The highest BCUT2D eigenvalue weighted by Crippen LogP contribution is 2.36. The van der Waals surface area contributed by atoms with Crippen LogP contribution in [0.2, 0.25) is 5.02 Å². The van der Waals surface area contributed by atoms with Crippen molar-refractivity contribution in [2.24, 2.45) is 0 Å². The molecular formula is C15H11ClFN3O2S. The van der Waals surface area contributed by atoms with Crippen LogP contribution in [0.5, 0.6) is 0 Å². The molecule has 8 heteroatoms. The number of aromatic amines is 1. The standard InChI is InChI=1S/C15H11ClFN3O2S/c16-13-12-9(17)2-1-3-10(12)23-14(13)15(22)18-5-4-8-6-11(21)20-7-19-8/h1-3,6-7H,4-5H2,(H,18,22)(H,19,20,21). The first-order valence-corrected chi connectivity index (χ1v) is 7.94. The van der Waals surface area contributed by atoms with E-state index in [4.69, 9.17) is 11.6 Å². The number of nitrogens with zero attached hydrogens (tertiary/aromatic N) is 1. The molecule has 0 aliphatic heterocycles. The summed E-state index contributed by atoms with van der Waals surface area (Å²) in [5.41, 5.74) is 0.326. The van der Waals surface area contributed by atoms with Crippen molar-refractivity contribution in [3.8, 4) is 0 Å². The van der Waals surface area contributed by atoms with E-state index in [9.17, 15) is 14.0 Å². The van der Waals surface area contributed by atoms with E-state index < -0.39 is 5.82 Å². The molecule has 5 nitrogen and oxygen atoms in total. The van der Waals surface area contributed by atoms with E-state index >= 15 is 0 Å². The monoisotopic (exact) mass is 351 g/mol. The Morgan fingerprint density at radius 3 is 3.00 bits per heavy atom. The number of nitrogens with one attached hydrogen (secondary N) is 2. The summed E-state index contributed by atoms with van der Waals surface area (Å²) in [5, 5.41) is 3.09. The number of H-pyrrole nitrogens is 1. The van der Waals surface area contributed by atoms with Crippen LogP contribution in [0.4, 0.5) is 4.39 Å². The fraction of sp³-hybridized carbons (Fsp3) is 0.133. The largest absolute Gasteiger partial charge is 0.351 e. The number of hydrogen-bond donors (Lipinski definition) is 2. The lowest BCUT2D eigenvalue weighted by molar-refractivity contribution is 0.0958. The van der Waals surface area contributed by atoms with Gasteiger partial charge in [-0.25, -0.2) is 9.37 Å². The molecule has 0 radical (unpaired) electrons. The Morgan fingerprint density at radius 1 is 1.43 bits per heavy atom. The van der Waals surface area contributed by atoms with Gasteiger partial charge in [-0.05, 0) is 12.1 Å². The molecule has 0 fully saturated rings. The van der Waals surface area contributed by atoms with Gasteiger partial charge in [0.1, 0.15) is 10.7 Å². The smallest absolute Gasteiger partial charge is 0.262 e. The first-order chi connectivity index (χ1) is 11.1. The Bertz CT molecular complexity index is 938. The van der Waals surface area contributed by atoms with E-state index in [0.717, 1.165) is 11.3 Å². The molecule has 23 heavy (non-hydrogen) atoms. The van der Waals surface area contributed by atoms with Crippen molar-refractivity contribution in [2.45, 2.75) is 6.42 Å². The van der Waals surface area contributed by atoms with Gasteiger partial charge >= 0.3 is 0 Å². The van der Waals surface area contributed by atoms with E-state index in [1.165, 1.54) is 18.5 Å². The number of halogens is 2. The first kappa shape index (κ1) is 15.6. The molecule has 0 atom stereocenters. The van der Waals surface area contributed by atoms with Crippen LogP contribution in [0.1, 0.15) is 15.4 Å². The molecule has 118 valence electrons. The van der Waals surface area contributed by atoms with Crippen LogP contribution in [0, 0.1) is 5.82 Å². The minimum Gasteiger partial charge on any atom is -0.351 e. The van der Waals surface area contributed by atoms with Crippen molar-refractivity contribution in [1.29, 1.82) is 0 Å². The van der Waals surface area contributed by atoms with E-state index in [1.54, 1.807) is 12.1 Å². The van der Waals surface area contributed by atoms with E-state index in [1.807, 2.05) is 0 Å². The Morgan fingerprint density at radius 2 is 2.26 bits per heavy atom. The van der Waals surface area contributed by atoms with Gasteiger partial charge in [0.05, 0.1) is 11.3 Å². The Labute approximate surface area is 139 Å². The molecule has 1 amide bonds. The van der Waals surface area contributed by atoms with Crippen LogP contribution in [0.3, 0.4) is 0 Å². The van der Waals surface area contributed by atoms with Gasteiger partial charge < -0.3 is 10.3 Å². The predicted molar refractivity (Wildman–Crippen MR) is 87.7 cm³/mol. The van der Waals surface area contributed by atoms with E-state index in [0.29, 0.717) is 23.4 Å². The van der Waals surface area contributed by atoms with Crippen molar-refractivity contribution in [3.05, 3.63) is 62.4 Å². The summed E-state index contributed by atoms with van der Waals surface area (Å²) < 4.78 is 14.4. The molecule has 1 aromatic carbocycles. The summed E-state index contributed by atoms with van der Waals surface area (Å²) in [6, 6.07) is 5.96. The maximum atomic E-state index is 13.8. The highest BCUT2D eigenvalue weighted by atomic mass is 35.5. The van der Waals surface area contributed by atoms with Crippen LogP contribution in [0.15, 0.2) is 35.4 Å². The second-order valence-corrected chi connectivity index (χ2v) is 6.20. The third-order valence-electron chi connectivity index (χ3n) is 3.21. The van der Waals surface area contributed by atoms with E-state index in [-0.39, 0.29) is 26.8 Å². The number of thiophene rings is 1. The molecule has 0 unspecified atom stereocenters. The van der Waals surface area contributed by atoms with Crippen molar-refractivity contribution in [2.75, 3.05) is 6.54 Å². The summed E-state index contributed by atoms with van der Waals surface area (Å²) >= 11 is 7.27. The fourth-order valence-corrected chi connectivity index (χ4v) is 3.62. The summed E-state index contributed by atoms with van der Waals surface area (Å²) in [4.78, 5) is 30.0. The second-order valence-electron chi connectivity index (χ2n) is 4.77. The number of carbonyl (C=O) groups excluding carboxylic acids is 1. The number of hydrogen-bond acceptors (Lipinski definition) is 4. The van der Waals surface area contributed by atoms with Crippen LogP contribution >= 0.6 is 22.9 Å². The SMILES string of the molecule is O=C(NCCc1cc(=O)[nH]cn1)c1sc2cccc(F)c2c1Cl.